The Labute approximate surface area is 159 Å². The molecule has 0 spiro atoms. The van der Waals surface area contributed by atoms with E-state index in [-0.39, 0.29) is 18.9 Å². The zero-order valence-corrected chi connectivity index (χ0v) is 16.2. The first kappa shape index (κ1) is 19.8. The fraction of sp³-hybridized carbons (Fsp3) is 0.588. The Balaban J connectivity index is 1.54. The molecule has 0 aromatic heterocycles. The second-order valence-corrected chi connectivity index (χ2v) is 8.38. The van der Waals surface area contributed by atoms with Gasteiger partial charge in [-0.05, 0) is 31.2 Å². The van der Waals surface area contributed by atoms with Crippen LogP contribution in [0.25, 0.3) is 0 Å². The monoisotopic (exact) mass is 400 g/mol. The van der Waals surface area contributed by atoms with Crippen molar-refractivity contribution in [3.8, 4) is 0 Å². The Bertz CT molecular complexity index is 743. The number of hydrogen-bond donors (Lipinski definition) is 0. The van der Waals surface area contributed by atoms with E-state index in [1.807, 2.05) is 4.90 Å². The third-order valence-electron chi connectivity index (χ3n) is 4.85. The molecule has 27 heavy (non-hydrogen) atoms. The lowest BCUT2D eigenvalue weighted by Crippen LogP contribution is -2.57. The van der Waals surface area contributed by atoms with Crippen LogP contribution < -0.4 is 4.90 Å². The lowest BCUT2D eigenvalue weighted by Gasteiger charge is -2.40. The standard InChI is InChI=1S/C17H25FN4O4S/c1-2-26-17(23)20-9-13-22(14-10-20)27(24,25)21-11-7-19(8-12-21)16-5-3-15(18)4-6-16/h3-6H,2,7-14H2,1H3. The molecular weight excluding hydrogens is 375 g/mol. The molecule has 2 saturated heterocycles. The minimum absolute atomic E-state index is 0.263. The maximum atomic E-state index is 13.1. The Morgan fingerprint density at radius 2 is 1.48 bits per heavy atom. The summed E-state index contributed by atoms with van der Waals surface area (Å²) in [4.78, 5) is 15.3. The van der Waals surface area contributed by atoms with Crippen LogP contribution in [0.15, 0.2) is 24.3 Å². The molecule has 150 valence electrons. The molecule has 0 aliphatic carbocycles. The van der Waals surface area contributed by atoms with Gasteiger partial charge < -0.3 is 14.5 Å². The van der Waals surface area contributed by atoms with E-state index in [0.29, 0.717) is 45.9 Å². The number of nitrogens with zero attached hydrogens (tertiary/aromatic N) is 4. The third-order valence-corrected chi connectivity index (χ3v) is 6.88. The van der Waals surface area contributed by atoms with Crippen LogP contribution in [0.5, 0.6) is 0 Å². The Morgan fingerprint density at radius 1 is 0.963 bits per heavy atom. The van der Waals surface area contributed by atoms with Gasteiger partial charge in [0.2, 0.25) is 0 Å². The van der Waals surface area contributed by atoms with Gasteiger partial charge in [0, 0.05) is 58.0 Å². The van der Waals surface area contributed by atoms with Crippen LogP contribution in [-0.2, 0) is 14.9 Å². The number of carbonyl (C=O) groups is 1. The van der Waals surface area contributed by atoms with Crippen molar-refractivity contribution in [2.45, 2.75) is 6.92 Å². The molecule has 1 aromatic carbocycles. The van der Waals surface area contributed by atoms with Gasteiger partial charge in [-0.25, -0.2) is 9.18 Å². The number of carbonyl (C=O) groups excluding carboxylic acids is 1. The largest absolute Gasteiger partial charge is 0.450 e. The molecule has 2 aliphatic heterocycles. The highest BCUT2D eigenvalue weighted by atomic mass is 32.2. The first-order valence-corrected chi connectivity index (χ1v) is 10.5. The molecule has 8 nitrogen and oxygen atoms in total. The van der Waals surface area contributed by atoms with Crippen LogP contribution in [0.1, 0.15) is 6.92 Å². The Morgan fingerprint density at radius 3 is 2.00 bits per heavy atom. The van der Waals surface area contributed by atoms with Crippen molar-refractivity contribution in [1.29, 1.82) is 0 Å². The second kappa shape index (κ2) is 8.41. The SMILES string of the molecule is CCOC(=O)N1CCN(S(=O)(=O)N2CCN(c3ccc(F)cc3)CC2)CC1. The Kier molecular flexibility index (Phi) is 6.18. The summed E-state index contributed by atoms with van der Waals surface area (Å²) < 4.78 is 46.7. The highest BCUT2D eigenvalue weighted by Crippen LogP contribution is 2.20. The molecule has 0 saturated carbocycles. The van der Waals surface area contributed by atoms with E-state index in [4.69, 9.17) is 4.74 Å². The van der Waals surface area contributed by atoms with Crippen LogP contribution in [0.2, 0.25) is 0 Å². The lowest BCUT2D eigenvalue weighted by atomic mass is 10.2. The molecular formula is C17H25FN4O4S. The molecule has 0 bridgehead atoms. The van der Waals surface area contributed by atoms with Crippen molar-refractivity contribution in [3.63, 3.8) is 0 Å². The number of hydrogen-bond acceptors (Lipinski definition) is 5. The average Bonchev–Trinajstić information content (AvgIpc) is 2.69. The number of anilines is 1. The molecule has 1 amide bonds. The predicted octanol–water partition coefficient (Wildman–Crippen LogP) is 0.967. The third kappa shape index (κ3) is 4.50. The van der Waals surface area contributed by atoms with Crippen molar-refractivity contribution >= 4 is 22.0 Å². The van der Waals surface area contributed by atoms with E-state index in [2.05, 4.69) is 0 Å². The zero-order chi connectivity index (χ0) is 19.4. The van der Waals surface area contributed by atoms with Gasteiger partial charge in [-0.1, -0.05) is 0 Å². The van der Waals surface area contributed by atoms with Crippen molar-refractivity contribution in [2.24, 2.45) is 0 Å². The second-order valence-electron chi connectivity index (χ2n) is 6.46. The van der Waals surface area contributed by atoms with Crippen LogP contribution in [-0.4, -0.2) is 87.0 Å². The zero-order valence-electron chi connectivity index (χ0n) is 15.4. The van der Waals surface area contributed by atoms with Crippen molar-refractivity contribution < 1.29 is 22.3 Å². The number of rotatable bonds is 4. The highest BCUT2D eigenvalue weighted by molar-refractivity contribution is 7.86. The summed E-state index contributed by atoms with van der Waals surface area (Å²) in [6.07, 6.45) is -0.400. The molecule has 2 fully saturated rings. The van der Waals surface area contributed by atoms with Gasteiger partial charge in [-0.15, -0.1) is 0 Å². The van der Waals surface area contributed by atoms with Crippen LogP contribution in [0, 0.1) is 5.82 Å². The molecule has 0 radical (unpaired) electrons. The number of halogens is 1. The van der Waals surface area contributed by atoms with E-state index >= 15 is 0 Å². The van der Waals surface area contributed by atoms with Gasteiger partial charge >= 0.3 is 6.09 Å². The molecule has 2 heterocycles. The molecule has 10 heteroatoms. The van der Waals surface area contributed by atoms with Gasteiger partial charge in [-0.3, -0.25) is 0 Å². The average molecular weight is 400 g/mol. The minimum Gasteiger partial charge on any atom is -0.450 e. The van der Waals surface area contributed by atoms with Gasteiger partial charge in [0.1, 0.15) is 5.82 Å². The van der Waals surface area contributed by atoms with Gasteiger partial charge in [0.25, 0.3) is 10.2 Å². The van der Waals surface area contributed by atoms with Crippen molar-refractivity contribution in [1.82, 2.24) is 13.5 Å². The molecule has 2 aliphatic rings. The molecule has 0 unspecified atom stereocenters. The summed E-state index contributed by atoms with van der Waals surface area (Å²) >= 11 is 0. The minimum atomic E-state index is -3.56. The first-order chi connectivity index (χ1) is 12.9. The summed E-state index contributed by atoms with van der Waals surface area (Å²) in [5.74, 6) is -0.290. The highest BCUT2D eigenvalue weighted by Gasteiger charge is 2.35. The summed E-state index contributed by atoms with van der Waals surface area (Å²) in [5, 5.41) is 0. The van der Waals surface area contributed by atoms with Crippen LogP contribution in [0.4, 0.5) is 14.9 Å². The van der Waals surface area contributed by atoms with Crippen LogP contribution in [0.3, 0.4) is 0 Å². The smallest absolute Gasteiger partial charge is 0.409 e. The van der Waals surface area contributed by atoms with E-state index in [1.54, 1.807) is 19.1 Å². The normalized spacial score (nSPS) is 19.9. The topological polar surface area (TPSA) is 73.4 Å². The fourth-order valence-corrected chi connectivity index (χ4v) is 4.88. The van der Waals surface area contributed by atoms with Gasteiger partial charge in [0.15, 0.2) is 0 Å². The number of ether oxygens (including phenoxy) is 1. The van der Waals surface area contributed by atoms with Gasteiger partial charge in [-0.2, -0.15) is 17.0 Å². The molecule has 0 atom stereocenters. The van der Waals surface area contributed by atoms with Crippen LogP contribution >= 0.6 is 0 Å². The number of benzene rings is 1. The fourth-order valence-electron chi connectivity index (χ4n) is 3.31. The summed E-state index contributed by atoms with van der Waals surface area (Å²) in [6, 6.07) is 6.21. The molecule has 3 rings (SSSR count). The van der Waals surface area contributed by atoms with E-state index < -0.39 is 16.3 Å². The van der Waals surface area contributed by atoms with Gasteiger partial charge in [0.05, 0.1) is 6.61 Å². The number of amides is 1. The lowest BCUT2D eigenvalue weighted by molar-refractivity contribution is 0.0923. The first-order valence-electron chi connectivity index (χ1n) is 9.09. The summed E-state index contributed by atoms with van der Waals surface area (Å²) in [5.41, 5.74) is 0.886. The van der Waals surface area contributed by atoms with E-state index in [9.17, 15) is 17.6 Å². The van der Waals surface area contributed by atoms with Crippen molar-refractivity contribution in [3.05, 3.63) is 30.1 Å². The molecule has 1 aromatic rings. The van der Waals surface area contributed by atoms with E-state index in [0.717, 1.165) is 5.69 Å². The Hall–Kier alpha value is -1.91. The van der Waals surface area contributed by atoms with Crippen molar-refractivity contribution in [2.75, 3.05) is 63.9 Å². The maximum Gasteiger partial charge on any atom is 0.409 e. The molecule has 0 N–H and O–H groups in total. The van der Waals surface area contributed by atoms with E-state index in [1.165, 1.54) is 25.6 Å². The number of piperazine rings is 2. The maximum absolute atomic E-state index is 13.1. The predicted molar refractivity (Wildman–Crippen MR) is 99.3 cm³/mol. The quantitative estimate of drug-likeness (QED) is 0.753. The summed E-state index contributed by atoms with van der Waals surface area (Å²) in [7, 11) is -3.56. The summed E-state index contributed by atoms with van der Waals surface area (Å²) in [6.45, 7) is 5.07.